The normalized spacial score (nSPS) is 11.5. The minimum atomic E-state index is -4.59. The smallest absolute Gasteiger partial charge is 0.421 e. The number of nitrogens with one attached hydrogen (secondary N) is 2. The average molecular weight is 445 g/mol. The lowest BCUT2D eigenvalue weighted by atomic mass is 10.1. The fourth-order valence-electron chi connectivity index (χ4n) is 3.04. The van der Waals surface area contributed by atoms with Gasteiger partial charge in [-0.05, 0) is 68.7 Å². The Morgan fingerprint density at radius 3 is 2.16 bits per heavy atom. The van der Waals surface area contributed by atoms with Gasteiger partial charge >= 0.3 is 6.18 Å². The predicted octanol–water partition coefficient (Wildman–Crippen LogP) is 7.11. The molecule has 8 heteroatoms. The van der Waals surface area contributed by atoms with Gasteiger partial charge in [-0.1, -0.05) is 25.5 Å². The Kier molecular flexibility index (Phi) is 7.56. The van der Waals surface area contributed by atoms with Crippen molar-refractivity contribution >= 4 is 23.1 Å². The molecule has 0 spiro atoms. The summed E-state index contributed by atoms with van der Waals surface area (Å²) < 4.78 is 46.1. The number of ether oxygens (including phenoxy) is 1. The van der Waals surface area contributed by atoms with E-state index in [4.69, 9.17) is 4.74 Å². The Balaban J connectivity index is 1.80. The molecule has 0 aliphatic rings. The molecular weight excluding hydrogens is 417 g/mol. The Morgan fingerprint density at radius 1 is 0.938 bits per heavy atom. The summed E-state index contributed by atoms with van der Waals surface area (Å²) in [5, 5.41) is 5.72. The standard InChI is InChI=1S/C24H27F3N4O/c1-4-5-6-17-7-9-18(10-8-17)29-22-21(24(25,26)27)15-28-23(31-22)30-19-11-13-20(14-12-19)32-16(2)3/h7-16H,4-6H2,1-3H3,(H2,28,29,30,31). The zero-order chi connectivity index (χ0) is 23.1. The Hall–Kier alpha value is -3.29. The molecule has 2 aromatic carbocycles. The highest BCUT2D eigenvalue weighted by Crippen LogP contribution is 2.35. The molecule has 0 saturated carbocycles. The second-order valence-electron chi connectivity index (χ2n) is 7.70. The van der Waals surface area contributed by atoms with Gasteiger partial charge in [0.15, 0.2) is 0 Å². The van der Waals surface area contributed by atoms with Crippen molar-refractivity contribution in [3.8, 4) is 5.75 Å². The maximum atomic E-state index is 13.5. The minimum Gasteiger partial charge on any atom is -0.491 e. The number of aryl methyl sites for hydroxylation is 1. The van der Waals surface area contributed by atoms with E-state index < -0.39 is 11.7 Å². The maximum absolute atomic E-state index is 13.5. The van der Waals surface area contributed by atoms with Crippen LogP contribution in [0.5, 0.6) is 5.75 Å². The second-order valence-corrected chi connectivity index (χ2v) is 7.70. The van der Waals surface area contributed by atoms with Gasteiger partial charge in [0.25, 0.3) is 0 Å². The summed E-state index contributed by atoms with van der Waals surface area (Å²) in [6.07, 6.45) is -0.675. The van der Waals surface area contributed by atoms with Crippen LogP contribution in [0.3, 0.4) is 0 Å². The van der Waals surface area contributed by atoms with E-state index in [1.807, 2.05) is 26.0 Å². The van der Waals surface area contributed by atoms with Crippen molar-refractivity contribution in [3.63, 3.8) is 0 Å². The second kappa shape index (κ2) is 10.3. The molecule has 170 valence electrons. The molecule has 0 fully saturated rings. The van der Waals surface area contributed by atoms with Crippen molar-refractivity contribution in [1.82, 2.24) is 9.97 Å². The van der Waals surface area contributed by atoms with E-state index in [-0.39, 0.29) is 17.9 Å². The molecule has 0 unspecified atom stereocenters. The Morgan fingerprint density at radius 2 is 1.56 bits per heavy atom. The monoisotopic (exact) mass is 444 g/mol. The average Bonchev–Trinajstić information content (AvgIpc) is 2.74. The largest absolute Gasteiger partial charge is 0.491 e. The lowest BCUT2D eigenvalue weighted by molar-refractivity contribution is -0.137. The van der Waals surface area contributed by atoms with E-state index in [1.165, 1.54) is 0 Å². The zero-order valence-corrected chi connectivity index (χ0v) is 18.3. The number of unbranched alkanes of at least 4 members (excludes halogenated alkanes) is 1. The summed E-state index contributed by atoms with van der Waals surface area (Å²) >= 11 is 0. The predicted molar refractivity (Wildman–Crippen MR) is 121 cm³/mol. The van der Waals surface area contributed by atoms with Gasteiger partial charge in [-0.25, -0.2) is 4.98 Å². The van der Waals surface area contributed by atoms with Crippen LogP contribution in [-0.2, 0) is 12.6 Å². The summed E-state index contributed by atoms with van der Waals surface area (Å²) in [6.45, 7) is 5.97. The van der Waals surface area contributed by atoms with E-state index >= 15 is 0 Å². The molecule has 5 nitrogen and oxygen atoms in total. The van der Waals surface area contributed by atoms with Crippen molar-refractivity contribution in [2.45, 2.75) is 52.3 Å². The third kappa shape index (κ3) is 6.60. The molecule has 3 aromatic rings. The van der Waals surface area contributed by atoms with Crippen LogP contribution >= 0.6 is 0 Å². The molecule has 0 aliphatic heterocycles. The Labute approximate surface area is 186 Å². The number of alkyl halides is 3. The zero-order valence-electron chi connectivity index (χ0n) is 18.3. The molecule has 0 bridgehead atoms. The molecule has 2 N–H and O–H groups in total. The molecule has 0 saturated heterocycles. The number of hydrogen-bond acceptors (Lipinski definition) is 5. The number of hydrogen-bond donors (Lipinski definition) is 2. The highest BCUT2D eigenvalue weighted by atomic mass is 19.4. The van der Waals surface area contributed by atoms with Gasteiger partial charge in [-0.3, -0.25) is 0 Å². The summed E-state index contributed by atoms with van der Waals surface area (Å²) in [7, 11) is 0. The molecule has 0 radical (unpaired) electrons. The van der Waals surface area contributed by atoms with Crippen molar-refractivity contribution in [3.05, 3.63) is 65.9 Å². The van der Waals surface area contributed by atoms with Crippen molar-refractivity contribution in [1.29, 1.82) is 0 Å². The molecule has 0 aliphatic carbocycles. The fraction of sp³-hybridized carbons (Fsp3) is 0.333. The van der Waals surface area contributed by atoms with E-state index in [2.05, 4.69) is 27.5 Å². The van der Waals surface area contributed by atoms with Gasteiger partial charge in [-0.15, -0.1) is 0 Å². The first-order valence-corrected chi connectivity index (χ1v) is 10.6. The first kappa shape index (κ1) is 23.4. The number of aromatic nitrogens is 2. The summed E-state index contributed by atoms with van der Waals surface area (Å²) in [4.78, 5) is 7.94. The van der Waals surface area contributed by atoms with Crippen LogP contribution in [-0.4, -0.2) is 16.1 Å². The number of halogens is 3. The van der Waals surface area contributed by atoms with Crippen LogP contribution in [0.25, 0.3) is 0 Å². The topological polar surface area (TPSA) is 59.1 Å². The van der Waals surface area contributed by atoms with E-state index in [0.29, 0.717) is 17.1 Å². The first-order chi connectivity index (χ1) is 15.2. The number of anilines is 4. The van der Waals surface area contributed by atoms with Gasteiger partial charge in [0.1, 0.15) is 17.1 Å². The highest BCUT2D eigenvalue weighted by molar-refractivity contribution is 5.63. The maximum Gasteiger partial charge on any atom is 0.421 e. The minimum absolute atomic E-state index is 0.0430. The van der Waals surface area contributed by atoms with Crippen LogP contribution in [0, 0.1) is 0 Å². The van der Waals surface area contributed by atoms with Crippen molar-refractivity contribution in [2.24, 2.45) is 0 Å². The van der Waals surface area contributed by atoms with Gasteiger partial charge in [0, 0.05) is 17.6 Å². The van der Waals surface area contributed by atoms with Crippen LogP contribution < -0.4 is 15.4 Å². The summed E-state index contributed by atoms with van der Waals surface area (Å²) in [5.41, 5.74) is 1.37. The van der Waals surface area contributed by atoms with Crippen molar-refractivity contribution in [2.75, 3.05) is 10.6 Å². The van der Waals surface area contributed by atoms with Crippen LogP contribution in [0.15, 0.2) is 54.7 Å². The van der Waals surface area contributed by atoms with Gasteiger partial charge < -0.3 is 15.4 Å². The number of nitrogens with zero attached hydrogens (tertiary/aromatic N) is 2. The summed E-state index contributed by atoms with van der Waals surface area (Å²) in [6, 6.07) is 14.4. The molecule has 1 aromatic heterocycles. The molecule has 0 atom stereocenters. The number of rotatable bonds is 9. The fourth-order valence-corrected chi connectivity index (χ4v) is 3.04. The van der Waals surface area contributed by atoms with Crippen molar-refractivity contribution < 1.29 is 17.9 Å². The SMILES string of the molecule is CCCCc1ccc(Nc2nc(Nc3ccc(OC(C)C)cc3)ncc2C(F)(F)F)cc1. The quantitative estimate of drug-likeness (QED) is 0.368. The molecule has 32 heavy (non-hydrogen) atoms. The van der Waals surface area contributed by atoms with E-state index in [0.717, 1.165) is 31.0 Å². The first-order valence-electron chi connectivity index (χ1n) is 10.6. The van der Waals surface area contributed by atoms with Gasteiger partial charge in [0.2, 0.25) is 5.95 Å². The van der Waals surface area contributed by atoms with Gasteiger partial charge in [-0.2, -0.15) is 18.2 Å². The third-order valence-corrected chi connectivity index (χ3v) is 4.61. The van der Waals surface area contributed by atoms with Gasteiger partial charge in [0.05, 0.1) is 6.10 Å². The molecular formula is C24H27F3N4O. The molecule has 3 rings (SSSR count). The molecule has 1 heterocycles. The van der Waals surface area contributed by atoms with Crippen LogP contribution in [0.1, 0.15) is 44.7 Å². The number of benzene rings is 2. The van der Waals surface area contributed by atoms with E-state index in [9.17, 15) is 13.2 Å². The lowest BCUT2D eigenvalue weighted by Crippen LogP contribution is -2.12. The van der Waals surface area contributed by atoms with Crippen LogP contribution in [0.4, 0.5) is 36.3 Å². The summed E-state index contributed by atoms with van der Waals surface area (Å²) in [5.74, 6) is 0.442. The molecule has 0 amide bonds. The highest BCUT2D eigenvalue weighted by Gasteiger charge is 2.35. The third-order valence-electron chi connectivity index (χ3n) is 4.61. The Bertz CT molecular complexity index is 1000. The lowest BCUT2D eigenvalue weighted by Gasteiger charge is -2.15. The van der Waals surface area contributed by atoms with Crippen LogP contribution in [0.2, 0.25) is 0 Å². The van der Waals surface area contributed by atoms with E-state index in [1.54, 1.807) is 36.4 Å².